The molecule has 0 aromatic heterocycles. The zero-order valence-electron chi connectivity index (χ0n) is 18.8. The van der Waals surface area contributed by atoms with Gasteiger partial charge in [0.05, 0.1) is 6.54 Å². The lowest BCUT2D eigenvalue weighted by Crippen LogP contribution is -2.54. The van der Waals surface area contributed by atoms with Crippen LogP contribution in [0.3, 0.4) is 0 Å². The summed E-state index contributed by atoms with van der Waals surface area (Å²) in [6.45, 7) is 4.85. The molecule has 0 bridgehead atoms. The zero-order valence-corrected chi connectivity index (χ0v) is 18.8. The lowest BCUT2D eigenvalue weighted by Gasteiger charge is -2.38. The van der Waals surface area contributed by atoms with Gasteiger partial charge in [0.15, 0.2) is 11.5 Å². The van der Waals surface area contributed by atoms with E-state index in [1.54, 1.807) is 0 Å². The summed E-state index contributed by atoms with van der Waals surface area (Å²) in [4.78, 5) is 15.6. The minimum Gasteiger partial charge on any atom is -0.486 e. The molecule has 0 radical (unpaired) electrons. The van der Waals surface area contributed by atoms with Gasteiger partial charge in [-0.25, -0.2) is 0 Å². The number of benzene rings is 2. The van der Waals surface area contributed by atoms with Crippen molar-refractivity contribution in [3.05, 3.63) is 54.1 Å². The van der Waals surface area contributed by atoms with Crippen molar-refractivity contribution in [2.45, 2.75) is 56.7 Å². The third kappa shape index (κ3) is 4.34. The van der Waals surface area contributed by atoms with Crippen LogP contribution in [0.15, 0.2) is 48.5 Å². The molecule has 6 heteroatoms. The van der Waals surface area contributed by atoms with Crippen LogP contribution in [0.2, 0.25) is 0 Å². The summed E-state index contributed by atoms with van der Waals surface area (Å²) in [5.41, 5.74) is 2.04. The Balaban J connectivity index is 1.36. The van der Waals surface area contributed by atoms with E-state index >= 15 is 0 Å². The molecular formula is C26H33N3O3. The maximum absolute atomic E-state index is 13.2. The van der Waals surface area contributed by atoms with Crippen molar-refractivity contribution >= 4 is 11.6 Å². The molecule has 2 fully saturated rings. The van der Waals surface area contributed by atoms with Crippen LogP contribution in [-0.2, 0) is 4.79 Å². The number of anilines is 1. The van der Waals surface area contributed by atoms with E-state index in [0.29, 0.717) is 31.5 Å². The molecular weight excluding hydrogens is 402 g/mol. The Morgan fingerprint density at radius 2 is 1.91 bits per heavy atom. The number of rotatable bonds is 4. The van der Waals surface area contributed by atoms with E-state index in [1.165, 1.54) is 24.8 Å². The number of carbonyl (C=O) groups excluding carboxylic acids is 1. The summed E-state index contributed by atoms with van der Waals surface area (Å²) in [5.74, 6) is 1.43. The number of nitrogens with one attached hydrogen (secondary N) is 2. The summed E-state index contributed by atoms with van der Waals surface area (Å²) < 4.78 is 11.3. The molecule has 32 heavy (non-hydrogen) atoms. The van der Waals surface area contributed by atoms with Crippen LogP contribution >= 0.6 is 0 Å². The van der Waals surface area contributed by atoms with Crippen LogP contribution in [0, 0.1) is 0 Å². The van der Waals surface area contributed by atoms with Gasteiger partial charge in [-0.2, -0.15) is 0 Å². The lowest BCUT2D eigenvalue weighted by atomic mass is 9.85. The van der Waals surface area contributed by atoms with Crippen molar-refractivity contribution in [3.8, 4) is 11.5 Å². The van der Waals surface area contributed by atoms with Gasteiger partial charge in [0.2, 0.25) is 5.91 Å². The number of hydrogen-bond donors (Lipinski definition) is 2. The molecule has 1 amide bonds. The minimum absolute atomic E-state index is 0.00826. The molecule has 0 saturated carbocycles. The first kappa shape index (κ1) is 21.3. The highest BCUT2D eigenvalue weighted by Gasteiger charge is 2.49. The molecule has 2 aromatic rings. The number of nitrogens with zero attached hydrogens (tertiary/aromatic N) is 1. The van der Waals surface area contributed by atoms with Gasteiger partial charge in [0.1, 0.15) is 13.2 Å². The normalized spacial score (nSPS) is 27.8. The topological polar surface area (TPSA) is 62.8 Å². The van der Waals surface area contributed by atoms with Gasteiger partial charge in [-0.05, 0) is 50.4 Å². The van der Waals surface area contributed by atoms with Gasteiger partial charge in [0.25, 0.3) is 0 Å². The highest BCUT2D eigenvalue weighted by Crippen LogP contribution is 2.44. The average molecular weight is 436 g/mol. The van der Waals surface area contributed by atoms with Crippen LogP contribution in [0.1, 0.15) is 50.6 Å². The predicted octanol–water partition coefficient (Wildman–Crippen LogP) is 4.13. The fourth-order valence-corrected chi connectivity index (χ4v) is 5.62. The van der Waals surface area contributed by atoms with Crippen molar-refractivity contribution in [1.82, 2.24) is 10.2 Å². The highest BCUT2D eigenvalue weighted by molar-refractivity contribution is 5.92. The Labute approximate surface area is 190 Å². The van der Waals surface area contributed by atoms with E-state index in [1.807, 2.05) is 18.2 Å². The van der Waals surface area contributed by atoms with Crippen LogP contribution in [0.5, 0.6) is 11.5 Å². The van der Waals surface area contributed by atoms with Gasteiger partial charge in [-0.1, -0.05) is 43.2 Å². The fraction of sp³-hybridized carbons (Fsp3) is 0.500. The Bertz CT molecular complexity index is 951. The minimum atomic E-state index is 0.00826. The van der Waals surface area contributed by atoms with Crippen molar-refractivity contribution in [3.63, 3.8) is 0 Å². The molecule has 6 nitrogen and oxygen atoms in total. The number of amides is 1. The van der Waals surface area contributed by atoms with Gasteiger partial charge in [-0.15, -0.1) is 0 Å². The van der Waals surface area contributed by atoms with Crippen molar-refractivity contribution in [2.75, 3.05) is 31.6 Å². The molecule has 2 saturated heterocycles. The molecule has 0 spiro atoms. The van der Waals surface area contributed by atoms with Crippen molar-refractivity contribution in [2.24, 2.45) is 0 Å². The van der Waals surface area contributed by atoms with Crippen LogP contribution in [0.4, 0.5) is 5.69 Å². The van der Waals surface area contributed by atoms with Crippen LogP contribution in [-0.4, -0.2) is 48.7 Å². The molecule has 0 aliphatic carbocycles. The first-order valence-electron chi connectivity index (χ1n) is 11.9. The third-order valence-corrected chi connectivity index (χ3v) is 7.17. The van der Waals surface area contributed by atoms with Gasteiger partial charge in [-0.3, -0.25) is 9.69 Å². The van der Waals surface area contributed by atoms with Gasteiger partial charge in [0, 0.05) is 29.4 Å². The van der Waals surface area contributed by atoms with E-state index in [0.717, 1.165) is 30.8 Å². The molecule has 3 atom stereocenters. The standard InChI is InChI=1S/C26H33N3O3/c1-26-17-21(19-8-4-2-5-9-19)29(24(26)10-6-3-7-13-27-26)18-25(30)28-20-11-12-22-23(16-20)32-15-14-31-22/h2,4-5,8-9,11-12,16,21,24,27H,3,6-7,10,13-15,17-18H2,1H3,(H,28,30)/t21-,24-,26-/m0/s1. The number of hydrogen-bond acceptors (Lipinski definition) is 5. The number of ether oxygens (including phenoxy) is 2. The van der Waals surface area contributed by atoms with Crippen LogP contribution < -0.4 is 20.1 Å². The first-order valence-corrected chi connectivity index (χ1v) is 11.9. The Morgan fingerprint density at radius 1 is 1.09 bits per heavy atom. The molecule has 5 rings (SSSR count). The molecule has 170 valence electrons. The number of carbonyl (C=O) groups is 1. The summed E-state index contributed by atoms with van der Waals surface area (Å²) in [6.07, 6.45) is 5.81. The Morgan fingerprint density at radius 3 is 2.75 bits per heavy atom. The molecule has 3 aliphatic heterocycles. The summed E-state index contributed by atoms with van der Waals surface area (Å²) in [6, 6.07) is 16.8. The zero-order chi connectivity index (χ0) is 22.0. The van der Waals surface area contributed by atoms with E-state index in [9.17, 15) is 4.79 Å². The van der Waals surface area contributed by atoms with Gasteiger partial charge < -0.3 is 20.1 Å². The van der Waals surface area contributed by atoms with E-state index in [-0.39, 0.29) is 17.5 Å². The fourth-order valence-electron chi connectivity index (χ4n) is 5.62. The summed E-state index contributed by atoms with van der Waals surface area (Å²) >= 11 is 0. The highest BCUT2D eigenvalue weighted by atomic mass is 16.6. The molecule has 3 aliphatic rings. The van der Waals surface area contributed by atoms with E-state index in [4.69, 9.17) is 9.47 Å². The molecule has 0 unspecified atom stereocenters. The van der Waals surface area contributed by atoms with Crippen molar-refractivity contribution in [1.29, 1.82) is 0 Å². The molecule has 2 N–H and O–H groups in total. The largest absolute Gasteiger partial charge is 0.486 e. The number of likely N-dealkylation sites (tertiary alicyclic amines) is 1. The smallest absolute Gasteiger partial charge is 0.238 e. The predicted molar refractivity (Wildman–Crippen MR) is 125 cm³/mol. The first-order chi connectivity index (χ1) is 15.6. The second kappa shape index (κ2) is 9.12. The maximum Gasteiger partial charge on any atom is 0.238 e. The Kier molecular flexibility index (Phi) is 6.07. The Hall–Kier alpha value is -2.57. The molecule has 3 heterocycles. The van der Waals surface area contributed by atoms with Gasteiger partial charge >= 0.3 is 0 Å². The quantitative estimate of drug-likeness (QED) is 0.756. The summed E-state index contributed by atoms with van der Waals surface area (Å²) in [7, 11) is 0. The maximum atomic E-state index is 13.2. The SMILES string of the molecule is C[C@]12C[C@@H](c3ccccc3)N(CC(=O)Nc3ccc4c(c3)OCCO4)[C@H]1CCCCCN2. The van der Waals surface area contributed by atoms with Crippen molar-refractivity contribution < 1.29 is 14.3 Å². The van der Waals surface area contributed by atoms with E-state index < -0.39 is 0 Å². The van der Waals surface area contributed by atoms with E-state index in [2.05, 4.69) is 52.8 Å². The van der Waals surface area contributed by atoms with Crippen LogP contribution in [0.25, 0.3) is 0 Å². The lowest BCUT2D eigenvalue weighted by molar-refractivity contribution is -0.118. The average Bonchev–Trinajstić information content (AvgIpc) is 3.05. The second-order valence-electron chi connectivity index (χ2n) is 9.42. The second-order valence-corrected chi connectivity index (χ2v) is 9.42. The number of fused-ring (bicyclic) bond motifs is 2. The summed E-state index contributed by atoms with van der Waals surface area (Å²) in [5, 5.41) is 6.93. The molecule has 2 aromatic carbocycles. The third-order valence-electron chi connectivity index (χ3n) is 7.17. The monoisotopic (exact) mass is 435 g/mol.